The molecule has 3 atom stereocenters. The van der Waals surface area contributed by atoms with Crippen LogP contribution in [0.25, 0.3) is 0 Å². The van der Waals surface area contributed by atoms with E-state index in [1.54, 1.807) is 50.2 Å². The Morgan fingerprint density at radius 2 is 1.94 bits per heavy atom. The van der Waals surface area contributed by atoms with Gasteiger partial charge in [-0.3, -0.25) is 10.0 Å². The summed E-state index contributed by atoms with van der Waals surface area (Å²) in [5, 5.41) is 11.0. The summed E-state index contributed by atoms with van der Waals surface area (Å²) < 4.78 is 17.3. The van der Waals surface area contributed by atoms with Crippen LogP contribution in [0.3, 0.4) is 0 Å². The maximum atomic E-state index is 14.7. The molecule has 1 aliphatic carbocycles. The van der Waals surface area contributed by atoms with Crippen LogP contribution in [0, 0.1) is 20.2 Å². The maximum absolute atomic E-state index is 14.7. The first-order valence-electron chi connectivity index (χ1n) is 11.1. The van der Waals surface area contributed by atoms with E-state index >= 15 is 0 Å². The van der Waals surface area contributed by atoms with Gasteiger partial charge >= 0.3 is 0 Å². The third-order valence-corrected chi connectivity index (χ3v) is 7.46. The Hall–Kier alpha value is -2.95. The number of halogens is 2. The van der Waals surface area contributed by atoms with E-state index in [1.807, 2.05) is 22.6 Å². The molecule has 9 heteroatoms. The van der Waals surface area contributed by atoms with E-state index in [2.05, 4.69) is 4.99 Å². The molecule has 0 saturated heterocycles. The number of hydrogen-bond acceptors (Lipinski definition) is 5. The molecular weight excluding hydrogens is 550 g/mol. The summed E-state index contributed by atoms with van der Waals surface area (Å²) in [4.78, 5) is 32.0. The zero-order valence-electron chi connectivity index (χ0n) is 18.7. The number of hydrogen-bond donors (Lipinski definition) is 2. The molecule has 0 amide bonds. The normalized spacial score (nSPS) is 26.4. The van der Waals surface area contributed by atoms with E-state index < -0.39 is 23.9 Å². The Bertz CT molecular complexity index is 1350. The third-order valence-electron chi connectivity index (χ3n) is 6.78. The molecule has 1 fully saturated rings. The Morgan fingerprint density at radius 3 is 2.59 bits per heavy atom. The van der Waals surface area contributed by atoms with Crippen molar-refractivity contribution in [3.63, 3.8) is 0 Å². The fraction of sp³-hybridized carbons (Fsp3) is 0.320. The summed E-state index contributed by atoms with van der Waals surface area (Å²) in [5.41, 5.74) is 8.53. The summed E-state index contributed by atoms with van der Waals surface area (Å²) in [6.45, 7) is 3.38. The number of carbonyl (C=O) groups is 1. The first-order chi connectivity index (χ1) is 16.2. The van der Waals surface area contributed by atoms with Crippen molar-refractivity contribution in [2.75, 3.05) is 5.73 Å². The van der Waals surface area contributed by atoms with Gasteiger partial charge in [0.05, 0.1) is 11.3 Å². The summed E-state index contributed by atoms with van der Waals surface area (Å²) in [5.74, 6) is -0.886. The van der Waals surface area contributed by atoms with E-state index in [4.69, 9.17) is 5.73 Å². The van der Waals surface area contributed by atoms with Crippen molar-refractivity contribution >= 4 is 51.2 Å². The van der Waals surface area contributed by atoms with Crippen LogP contribution in [-0.4, -0.2) is 44.0 Å². The minimum Gasteiger partial charge on any atom is -0.399 e. The van der Waals surface area contributed by atoms with Gasteiger partial charge < -0.3 is 5.73 Å². The predicted molar refractivity (Wildman–Crippen MR) is 134 cm³/mol. The lowest BCUT2D eigenvalue weighted by Crippen LogP contribution is -2.52. The number of nitroso groups, excluding NO2 is 1. The van der Waals surface area contributed by atoms with Crippen molar-refractivity contribution in [2.45, 2.75) is 44.8 Å². The Kier molecular flexibility index (Phi) is 5.62. The molecule has 34 heavy (non-hydrogen) atoms. The molecule has 3 N–H and O–H groups in total. The van der Waals surface area contributed by atoms with Crippen LogP contribution in [0.4, 0.5) is 15.8 Å². The number of rotatable bonds is 3. The van der Waals surface area contributed by atoms with Gasteiger partial charge in [-0.05, 0) is 70.5 Å². The zero-order valence-corrected chi connectivity index (χ0v) is 20.9. The van der Waals surface area contributed by atoms with Crippen LogP contribution >= 0.6 is 22.6 Å². The van der Waals surface area contributed by atoms with E-state index in [0.29, 0.717) is 28.1 Å². The van der Waals surface area contributed by atoms with Crippen molar-refractivity contribution in [3.05, 3.63) is 73.5 Å². The molecule has 2 aliphatic heterocycles. The third kappa shape index (κ3) is 3.66. The highest BCUT2D eigenvalue weighted by atomic mass is 127. The number of nitrogens with two attached hydrogens (primary N) is 1. The highest BCUT2D eigenvalue weighted by Gasteiger charge is 2.61. The standard InChI is InChI=1S/C25H24FIN4O3/c1-12-20-21(22(13(2)30(12)33)29-19-9-8-16(27)11-18(19)26)25(32)24(14-6-7-14)31(34)23(20)15-4-3-5-17(28)10-15/h3-5,8-11,13-14,23-24,33H,6-7,28H2,1-2H3/q+2. The molecule has 3 unspecified atom stereocenters. The molecule has 2 aromatic carbocycles. The lowest BCUT2D eigenvalue weighted by Gasteiger charge is -2.29. The van der Waals surface area contributed by atoms with Crippen molar-refractivity contribution < 1.29 is 23.9 Å². The first-order valence-corrected chi connectivity index (χ1v) is 12.2. The molecule has 1 saturated carbocycles. The molecule has 0 spiro atoms. The number of Topliss-reactive ketones (excluding diaryl/α,β-unsaturated/α-hetero) is 1. The van der Waals surface area contributed by atoms with Crippen LogP contribution in [0.2, 0.25) is 0 Å². The Morgan fingerprint density at radius 1 is 1.21 bits per heavy atom. The molecule has 3 aliphatic rings. The maximum Gasteiger partial charge on any atom is 0.267 e. The summed E-state index contributed by atoms with van der Waals surface area (Å²) in [7, 11) is 0. The fourth-order valence-electron chi connectivity index (χ4n) is 4.93. The smallest absolute Gasteiger partial charge is 0.267 e. The van der Waals surface area contributed by atoms with Crippen LogP contribution < -0.4 is 5.73 Å². The van der Waals surface area contributed by atoms with Crippen molar-refractivity contribution in [2.24, 2.45) is 10.9 Å². The zero-order chi connectivity index (χ0) is 24.3. The second-order valence-corrected chi connectivity index (χ2v) is 10.3. The van der Waals surface area contributed by atoms with Crippen molar-refractivity contribution in [1.29, 1.82) is 0 Å². The quantitative estimate of drug-likeness (QED) is 0.244. The van der Waals surface area contributed by atoms with Gasteiger partial charge in [-0.15, -0.1) is 0 Å². The largest absolute Gasteiger partial charge is 0.399 e. The van der Waals surface area contributed by atoms with Gasteiger partial charge in [-0.25, -0.2) is 9.38 Å². The molecule has 0 aromatic heterocycles. The number of nitrogen functional groups attached to an aromatic ring is 1. The monoisotopic (exact) mass is 574 g/mol. The van der Waals surface area contributed by atoms with E-state index in [9.17, 15) is 19.3 Å². The number of aliphatic imine (C=N–C) groups is 1. The van der Waals surface area contributed by atoms with Gasteiger partial charge in [-0.1, -0.05) is 12.1 Å². The summed E-state index contributed by atoms with van der Waals surface area (Å²) in [6, 6.07) is 9.21. The summed E-state index contributed by atoms with van der Waals surface area (Å²) >= 11 is 2.01. The highest BCUT2D eigenvalue weighted by molar-refractivity contribution is 14.1. The Balaban J connectivity index is 1.79. The SMILES string of the molecule is CC1=[N+](O)C(C)C(=Nc2ccc(I)cc2F)C2=C1C(c1cccc(N)c1)[N+](=O)C(C1CC1)C2=O. The van der Waals surface area contributed by atoms with Gasteiger partial charge in [0, 0.05) is 44.3 Å². The first kappa shape index (κ1) is 22.8. The number of anilines is 1. The second-order valence-electron chi connectivity index (χ2n) is 9.07. The second kappa shape index (κ2) is 8.37. The topological polar surface area (TPSA) is 98.8 Å². The number of benzene rings is 2. The molecule has 0 bridgehead atoms. The number of nitrogens with zero attached hydrogens (tertiary/aromatic N) is 3. The lowest BCUT2D eigenvalue weighted by atomic mass is 9.77. The minimum absolute atomic E-state index is 0.0401. The van der Waals surface area contributed by atoms with Crippen molar-refractivity contribution in [1.82, 2.24) is 0 Å². The van der Waals surface area contributed by atoms with E-state index in [0.717, 1.165) is 25.9 Å². The molecule has 7 nitrogen and oxygen atoms in total. The molecule has 5 rings (SSSR count). The number of ketones is 1. The summed E-state index contributed by atoms with van der Waals surface area (Å²) in [6.07, 6.45) is 1.59. The van der Waals surface area contributed by atoms with Crippen LogP contribution in [0.5, 0.6) is 0 Å². The van der Waals surface area contributed by atoms with Gasteiger partial charge in [0.25, 0.3) is 12.1 Å². The minimum atomic E-state index is -0.859. The van der Waals surface area contributed by atoms with Gasteiger partial charge in [0.1, 0.15) is 17.1 Å². The Labute approximate surface area is 209 Å². The van der Waals surface area contributed by atoms with Gasteiger partial charge in [-0.2, -0.15) is 0 Å². The van der Waals surface area contributed by atoms with E-state index in [-0.39, 0.29) is 23.1 Å². The lowest BCUT2D eigenvalue weighted by molar-refractivity contribution is -0.787. The van der Waals surface area contributed by atoms with E-state index in [1.165, 1.54) is 6.07 Å². The van der Waals surface area contributed by atoms with Crippen molar-refractivity contribution in [3.8, 4) is 0 Å². The fourth-order valence-corrected chi connectivity index (χ4v) is 5.38. The molecule has 0 radical (unpaired) electrons. The predicted octanol–water partition coefficient (Wildman–Crippen LogP) is 4.53. The number of carbonyl (C=O) groups excluding carboxylic acids is 1. The van der Waals surface area contributed by atoms with Gasteiger partial charge in [0.2, 0.25) is 17.5 Å². The van der Waals surface area contributed by atoms with Crippen LogP contribution in [-0.2, 0) is 4.79 Å². The van der Waals surface area contributed by atoms with Gasteiger partial charge in [0.15, 0.2) is 0 Å². The average Bonchev–Trinajstić information content (AvgIpc) is 3.62. The molecule has 2 heterocycles. The number of hydroxylamine groups is 1. The average molecular weight is 574 g/mol. The van der Waals surface area contributed by atoms with Crippen LogP contribution in [0.15, 0.2) is 58.6 Å². The molecule has 174 valence electrons. The van der Waals surface area contributed by atoms with Crippen LogP contribution in [0.1, 0.15) is 38.3 Å². The highest BCUT2D eigenvalue weighted by Crippen LogP contribution is 2.45. The molecular formula is C25H24FIN4O3+2. The molecule has 2 aromatic rings.